The van der Waals surface area contributed by atoms with E-state index in [4.69, 9.17) is 9.84 Å². The zero-order valence-corrected chi connectivity index (χ0v) is 10.2. The van der Waals surface area contributed by atoms with Crippen molar-refractivity contribution in [3.05, 3.63) is 27.3 Å². The number of benzene rings is 1. The second kappa shape index (κ2) is 5.61. The van der Waals surface area contributed by atoms with Crippen LogP contribution in [0.15, 0.2) is 18.2 Å². The molecule has 78 valence electrons. The van der Waals surface area contributed by atoms with E-state index in [1.807, 2.05) is 0 Å². The number of hydrogen-bond acceptors (Lipinski definition) is 2. The number of carboxylic acids is 1. The van der Waals surface area contributed by atoms with Crippen LogP contribution in [0.4, 0.5) is 0 Å². The number of hydrogen-bond donors (Lipinski definition) is 1. The minimum atomic E-state index is -0.993. The van der Waals surface area contributed by atoms with Gasteiger partial charge in [0.1, 0.15) is 17.9 Å². The van der Waals surface area contributed by atoms with E-state index in [1.165, 1.54) is 0 Å². The summed E-state index contributed by atoms with van der Waals surface area (Å²) >= 11 is 2.05. The van der Waals surface area contributed by atoms with E-state index >= 15 is 0 Å². The van der Waals surface area contributed by atoms with Gasteiger partial charge in [-0.3, -0.25) is 0 Å². The van der Waals surface area contributed by atoms with E-state index in [9.17, 15) is 4.79 Å². The molecule has 0 fully saturated rings. The summed E-state index contributed by atoms with van der Waals surface area (Å²) in [5, 5.41) is 8.93. The number of halogens is 1. The summed E-state index contributed by atoms with van der Waals surface area (Å²) in [4.78, 5) is 10.9. The number of aromatic carboxylic acids is 1. The number of rotatable bonds is 3. The molecule has 0 unspecified atom stereocenters. The van der Waals surface area contributed by atoms with Gasteiger partial charge in [0.2, 0.25) is 0 Å². The van der Waals surface area contributed by atoms with E-state index in [0.717, 1.165) is 3.57 Å². The third kappa shape index (κ3) is 3.44. The molecule has 0 aliphatic heterocycles. The summed E-state index contributed by atoms with van der Waals surface area (Å²) in [6.07, 6.45) is 0. The monoisotopic (exact) mass is 316 g/mol. The van der Waals surface area contributed by atoms with Crippen molar-refractivity contribution in [1.82, 2.24) is 0 Å². The van der Waals surface area contributed by atoms with Crippen molar-refractivity contribution in [3.63, 3.8) is 0 Å². The van der Waals surface area contributed by atoms with Gasteiger partial charge in [0.25, 0.3) is 0 Å². The fraction of sp³-hybridized carbons (Fsp3) is 0.182. The average molecular weight is 316 g/mol. The summed E-state index contributed by atoms with van der Waals surface area (Å²) in [5.74, 6) is 4.74. The average Bonchev–Trinajstić information content (AvgIpc) is 2.20. The lowest BCUT2D eigenvalue weighted by Gasteiger charge is -2.06. The lowest BCUT2D eigenvalue weighted by atomic mass is 10.2. The van der Waals surface area contributed by atoms with Gasteiger partial charge in [0, 0.05) is 3.57 Å². The molecular formula is C11H9IO3. The van der Waals surface area contributed by atoms with Gasteiger partial charge in [-0.15, -0.1) is 5.92 Å². The third-order valence-electron chi connectivity index (χ3n) is 1.65. The van der Waals surface area contributed by atoms with Crippen LogP contribution < -0.4 is 4.74 Å². The summed E-state index contributed by atoms with van der Waals surface area (Å²) in [6, 6.07) is 5.00. The number of carbonyl (C=O) groups is 1. The highest BCUT2D eigenvalue weighted by atomic mass is 127. The molecular weight excluding hydrogens is 307 g/mol. The van der Waals surface area contributed by atoms with Crippen molar-refractivity contribution < 1.29 is 14.6 Å². The highest BCUT2D eigenvalue weighted by molar-refractivity contribution is 14.1. The van der Waals surface area contributed by atoms with E-state index in [-0.39, 0.29) is 12.2 Å². The molecule has 3 nitrogen and oxygen atoms in total. The van der Waals surface area contributed by atoms with Crippen LogP contribution in [-0.4, -0.2) is 17.7 Å². The first kappa shape index (κ1) is 11.9. The quantitative estimate of drug-likeness (QED) is 0.688. The van der Waals surface area contributed by atoms with Crippen molar-refractivity contribution in [2.75, 3.05) is 6.61 Å². The van der Waals surface area contributed by atoms with E-state index in [1.54, 1.807) is 25.1 Å². The zero-order valence-electron chi connectivity index (χ0n) is 8.08. The first-order valence-electron chi connectivity index (χ1n) is 4.20. The SMILES string of the molecule is CC#CCOc1ccc(I)cc1C(=O)O. The Morgan fingerprint density at radius 2 is 2.33 bits per heavy atom. The van der Waals surface area contributed by atoms with E-state index in [2.05, 4.69) is 34.4 Å². The Balaban J connectivity index is 2.94. The molecule has 0 radical (unpaired) electrons. The number of ether oxygens (including phenoxy) is 1. The van der Waals surface area contributed by atoms with Crippen LogP contribution in [0.2, 0.25) is 0 Å². The standard InChI is InChI=1S/C11H9IO3/c1-2-3-6-15-10-5-4-8(12)7-9(10)11(13)14/h4-5,7H,6H2,1H3,(H,13,14). The molecule has 0 spiro atoms. The maximum absolute atomic E-state index is 10.9. The Labute approximate surface area is 102 Å². The fourth-order valence-electron chi connectivity index (χ4n) is 0.981. The Morgan fingerprint density at radius 3 is 2.93 bits per heavy atom. The van der Waals surface area contributed by atoms with Gasteiger partial charge in [-0.1, -0.05) is 5.92 Å². The second-order valence-electron chi connectivity index (χ2n) is 2.66. The Morgan fingerprint density at radius 1 is 1.60 bits per heavy atom. The highest BCUT2D eigenvalue weighted by Crippen LogP contribution is 2.21. The maximum atomic E-state index is 10.9. The lowest BCUT2D eigenvalue weighted by molar-refractivity contribution is 0.0693. The summed E-state index contributed by atoms with van der Waals surface area (Å²) in [6.45, 7) is 1.91. The Bertz CT molecular complexity index is 429. The lowest BCUT2D eigenvalue weighted by Crippen LogP contribution is -2.03. The second-order valence-corrected chi connectivity index (χ2v) is 3.91. The van der Waals surface area contributed by atoms with Gasteiger partial charge in [-0.05, 0) is 47.7 Å². The van der Waals surface area contributed by atoms with Gasteiger partial charge >= 0.3 is 5.97 Å². The minimum absolute atomic E-state index is 0.166. The predicted molar refractivity (Wildman–Crippen MR) is 65.1 cm³/mol. The van der Waals surface area contributed by atoms with Crippen LogP contribution in [0.25, 0.3) is 0 Å². The molecule has 0 saturated carbocycles. The summed E-state index contributed by atoms with van der Waals surface area (Å²) < 4.78 is 6.10. The molecule has 1 aromatic rings. The fourth-order valence-corrected chi connectivity index (χ4v) is 1.47. The smallest absolute Gasteiger partial charge is 0.339 e. The molecule has 15 heavy (non-hydrogen) atoms. The zero-order chi connectivity index (χ0) is 11.3. The van der Waals surface area contributed by atoms with Crippen LogP contribution in [0.5, 0.6) is 5.75 Å². The molecule has 0 aliphatic rings. The molecule has 1 rings (SSSR count). The highest BCUT2D eigenvalue weighted by Gasteiger charge is 2.11. The molecule has 0 saturated heterocycles. The van der Waals surface area contributed by atoms with Gasteiger partial charge in [-0.25, -0.2) is 4.79 Å². The van der Waals surface area contributed by atoms with Crippen LogP contribution in [-0.2, 0) is 0 Å². The molecule has 1 aromatic carbocycles. The topological polar surface area (TPSA) is 46.5 Å². The largest absolute Gasteiger partial charge is 0.480 e. The molecule has 0 atom stereocenters. The van der Waals surface area contributed by atoms with Crippen LogP contribution >= 0.6 is 22.6 Å². The summed E-state index contributed by atoms with van der Waals surface area (Å²) in [5.41, 5.74) is 0.166. The summed E-state index contributed by atoms with van der Waals surface area (Å²) in [7, 11) is 0. The molecule has 4 heteroatoms. The maximum Gasteiger partial charge on any atom is 0.339 e. The van der Waals surface area contributed by atoms with Crippen molar-refractivity contribution >= 4 is 28.6 Å². The van der Waals surface area contributed by atoms with Crippen LogP contribution in [0.1, 0.15) is 17.3 Å². The first-order valence-corrected chi connectivity index (χ1v) is 5.28. The Kier molecular flexibility index (Phi) is 4.43. The first-order chi connectivity index (χ1) is 7.15. The van der Waals surface area contributed by atoms with Gasteiger partial charge < -0.3 is 9.84 Å². The predicted octanol–water partition coefficient (Wildman–Crippen LogP) is 2.39. The van der Waals surface area contributed by atoms with Crippen molar-refractivity contribution in [3.8, 4) is 17.6 Å². The Hall–Kier alpha value is -1.22. The van der Waals surface area contributed by atoms with Crippen LogP contribution in [0, 0.1) is 15.4 Å². The normalized spacial score (nSPS) is 8.93. The molecule has 1 N–H and O–H groups in total. The molecule has 0 aliphatic carbocycles. The molecule has 0 aromatic heterocycles. The van der Waals surface area contributed by atoms with Crippen molar-refractivity contribution in [2.24, 2.45) is 0 Å². The van der Waals surface area contributed by atoms with E-state index < -0.39 is 5.97 Å². The van der Waals surface area contributed by atoms with Crippen LogP contribution in [0.3, 0.4) is 0 Å². The number of carboxylic acid groups (broad SMARTS) is 1. The van der Waals surface area contributed by atoms with E-state index in [0.29, 0.717) is 5.75 Å². The molecule has 0 amide bonds. The van der Waals surface area contributed by atoms with Crippen molar-refractivity contribution in [2.45, 2.75) is 6.92 Å². The van der Waals surface area contributed by atoms with Gasteiger partial charge in [0.05, 0.1) is 0 Å². The van der Waals surface area contributed by atoms with Gasteiger partial charge in [0.15, 0.2) is 0 Å². The molecule has 0 bridgehead atoms. The third-order valence-corrected chi connectivity index (χ3v) is 2.32. The van der Waals surface area contributed by atoms with Gasteiger partial charge in [-0.2, -0.15) is 0 Å². The molecule has 0 heterocycles. The minimum Gasteiger partial charge on any atom is -0.480 e. The van der Waals surface area contributed by atoms with Crippen molar-refractivity contribution in [1.29, 1.82) is 0 Å².